The summed E-state index contributed by atoms with van der Waals surface area (Å²) in [6, 6.07) is 6.88. The van der Waals surface area contributed by atoms with Crippen LogP contribution in [0.3, 0.4) is 0 Å². The minimum atomic E-state index is -3.78. The van der Waals surface area contributed by atoms with Gasteiger partial charge in [-0.3, -0.25) is 4.79 Å². The Balaban J connectivity index is 1.98. The van der Waals surface area contributed by atoms with Crippen molar-refractivity contribution in [3.8, 4) is 0 Å². The minimum absolute atomic E-state index is 0.0310. The van der Waals surface area contributed by atoms with E-state index in [2.05, 4.69) is 0 Å². The SMILES string of the molecule is NS(=O)(=O)c1ccc2c(c1)C[C@H](n1cc(C(=O)O)ccc1=O)C2. The summed E-state index contributed by atoms with van der Waals surface area (Å²) >= 11 is 0. The zero-order chi connectivity index (χ0) is 16.8. The van der Waals surface area contributed by atoms with Gasteiger partial charge in [0.15, 0.2) is 0 Å². The summed E-state index contributed by atoms with van der Waals surface area (Å²) in [6.45, 7) is 0. The van der Waals surface area contributed by atoms with Gasteiger partial charge in [-0.2, -0.15) is 0 Å². The summed E-state index contributed by atoms with van der Waals surface area (Å²) in [4.78, 5) is 23.1. The van der Waals surface area contributed by atoms with Gasteiger partial charge in [-0.05, 0) is 42.2 Å². The van der Waals surface area contributed by atoms with Crippen LogP contribution < -0.4 is 10.7 Å². The molecular formula is C15H14N2O5S. The first-order chi connectivity index (χ1) is 10.8. The number of hydrogen-bond donors (Lipinski definition) is 2. The van der Waals surface area contributed by atoms with Crippen LogP contribution in [0, 0.1) is 0 Å². The number of aromatic carboxylic acids is 1. The van der Waals surface area contributed by atoms with Crippen molar-refractivity contribution in [2.75, 3.05) is 0 Å². The fourth-order valence-electron chi connectivity index (χ4n) is 2.86. The summed E-state index contributed by atoms with van der Waals surface area (Å²) in [5.41, 5.74) is 1.47. The van der Waals surface area contributed by atoms with E-state index in [0.29, 0.717) is 12.8 Å². The topological polar surface area (TPSA) is 119 Å². The van der Waals surface area contributed by atoms with E-state index < -0.39 is 16.0 Å². The zero-order valence-corrected chi connectivity index (χ0v) is 12.8. The van der Waals surface area contributed by atoms with E-state index in [0.717, 1.165) is 11.1 Å². The number of pyridine rings is 1. The number of sulfonamides is 1. The van der Waals surface area contributed by atoms with E-state index in [-0.39, 0.29) is 22.1 Å². The van der Waals surface area contributed by atoms with Gasteiger partial charge in [0.05, 0.1) is 10.5 Å². The molecule has 0 unspecified atom stereocenters. The normalized spacial score (nSPS) is 17.0. The smallest absolute Gasteiger partial charge is 0.337 e. The van der Waals surface area contributed by atoms with Crippen molar-refractivity contribution in [1.82, 2.24) is 4.57 Å². The monoisotopic (exact) mass is 334 g/mol. The number of rotatable bonds is 3. The number of fused-ring (bicyclic) bond motifs is 1. The average molecular weight is 334 g/mol. The van der Waals surface area contributed by atoms with Gasteiger partial charge < -0.3 is 9.67 Å². The van der Waals surface area contributed by atoms with Crippen LogP contribution in [0.5, 0.6) is 0 Å². The second-order valence-electron chi connectivity index (χ2n) is 5.51. The van der Waals surface area contributed by atoms with E-state index >= 15 is 0 Å². The molecule has 120 valence electrons. The second kappa shape index (κ2) is 5.32. The average Bonchev–Trinajstić information content (AvgIpc) is 2.89. The van der Waals surface area contributed by atoms with Crippen LogP contribution in [-0.2, 0) is 22.9 Å². The van der Waals surface area contributed by atoms with Crippen LogP contribution in [0.1, 0.15) is 27.5 Å². The van der Waals surface area contributed by atoms with Crippen molar-refractivity contribution in [1.29, 1.82) is 0 Å². The summed E-state index contributed by atoms with van der Waals surface area (Å²) in [7, 11) is -3.78. The second-order valence-corrected chi connectivity index (χ2v) is 7.07. The molecule has 8 heteroatoms. The summed E-state index contributed by atoms with van der Waals surface area (Å²) in [5, 5.41) is 14.2. The van der Waals surface area contributed by atoms with Crippen molar-refractivity contribution in [2.24, 2.45) is 5.14 Å². The quantitative estimate of drug-likeness (QED) is 0.848. The molecule has 0 amide bonds. The maximum atomic E-state index is 12.0. The van der Waals surface area contributed by atoms with Crippen molar-refractivity contribution in [3.63, 3.8) is 0 Å². The predicted octanol–water partition coefficient (Wildman–Crippen LogP) is 0.534. The Hall–Kier alpha value is -2.45. The van der Waals surface area contributed by atoms with Gasteiger partial charge in [0, 0.05) is 18.3 Å². The third-order valence-electron chi connectivity index (χ3n) is 4.00. The number of aromatic nitrogens is 1. The highest BCUT2D eigenvalue weighted by Crippen LogP contribution is 2.31. The van der Waals surface area contributed by atoms with E-state index in [9.17, 15) is 18.0 Å². The van der Waals surface area contributed by atoms with Crippen molar-refractivity contribution >= 4 is 16.0 Å². The largest absolute Gasteiger partial charge is 0.478 e. The van der Waals surface area contributed by atoms with Crippen LogP contribution in [0.15, 0.2) is 46.2 Å². The fraction of sp³-hybridized carbons (Fsp3) is 0.200. The molecule has 0 spiro atoms. The number of carboxylic acids is 1. The van der Waals surface area contributed by atoms with Crippen molar-refractivity contribution < 1.29 is 18.3 Å². The lowest BCUT2D eigenvalue weighted by atomic mass is 10.1. The summed E-state index contributed by atoms with van der Waals surface area (Å²) < 4.78 is 24.2. The molecule has 2 aromatic rings. The molecule has 1 aliphatic rings. The zero-order valence-electron chi connectivity index (χ0n) is 12.0. The van der Waals surface area contributed by atoms with Gasteiger partial charge in [-0.25, -0.2) is 18.4 Å². The highest BCUT2D eigenvalue weighted by Gasteiger charge is 2.25. The lowest BCUT2D eigenvalue weighted by Crippen LogP contribution is -2.25. The maximum absolute atomic E-state index is 12.0. The third-order valence-corrected chi connectivity index (χ3v) is 4.91. The molecule has 3 N–H and O–H groups in total. The van der Waals surface area contributed by atoms with Crippen LogP contribution in [0.25, 0.3) is 0 Å². The number of carbonyl (C=O) groups is 1. The van der Waals surface area contributed by atoms with Crippen LogP contribution >= 0.6 is 0 Å². The van der Waals surface area contributed by atoms with Gasteiger partial charge >= 0.3 is 5.97 Å². The number of benzene rings is 1. The van der Waals surface area contributed by atoms with Gasteiger partial charge in [0.2, 0.25) is 10.0 Å². The summed E-state index contributed by atoms with van der Waals surface area (Å²) in [5.74, 6) is -1.11. The lowest BCUT2D eigenvalue weighted by Gasteiger charge is -2.13. The Kier molecular flexibility index (Phi) is 3.57. The molecule has 0 aliphatic heterocycles. The van der Waals surface area contributed by atoms with E-state index in [1.165, 1.54) is 35.0 Å². The molecular weight excluding hydrogens is 320 g/mol. The standard InChI is InChI=1S/C15H14N2O5S/c16-23(21,22)13-3-1-9-5-12(6-11(9)7-13)17-8-10(15(19)20)2-4-14(17)18/h1-4,7-8,12H,5-6H2,(H,19,20)(H2,16,21,22)/t12-/m1/s1. The molecule has 23 heavy (non-hydrogen) atoms. The molecule has 3 rings (SSSR count). The van der Waals surface area contributed by atoms with Crippen molar-refractivity contribution in [2.45, 2.75) is 23.8 Å². The molecule has 0 radical (unpaired) electrons. The van der Waals surface area contributed by atoms with E-state index in [1.807, 2.05) is 0 Å². The third kappa shape index (κ3) is 2.90. The molecule has 1 aromatic carbocycles. The molecule has 1 aromatic heterocycles. The number of carboxylic acid groups (broad SMARTS) is 1. The molecule has 1 heterocycles. The molecule has 0 bridgehead atoms. The Morgan fingerprint density at radius 1 is 1.17 bits per heavy atom. The molecule has 0 saturated carbocycles. The molecule has 0 fully saturated rings. The Bertz CT molecular complexity index is 962. The maximum Gasteiger partial charge on any atom is 0.337 e. The van der Waals surface area contributed by atoms with E-state index in [1.54, 1.807) is 6.07 Å². The highest BCUT2D eigenvalue weighted by atomic mass is 32.2. The number of hydrogen-bond acceptors (Lipinski definition) is 4. The Labute approximate surface area is 132 Å². The number of primary sulfonamides is 1. The Morgan fingerprint density at radius 3 is 2.52 bits per heavy atom. The molecule has 7 nitrogen and oxygen atoms in total. The van der Waals surface area contributed by atoms with Crippen molar-refractivity contribution in [3.05, 3.63) is 63.6 Å². The lowest BCUT2D eigenvalue weighted by molar-refractivity contribution is 0.0695. The first-order valence-electron chi connectivity index (χ1n) is 6.86. The first kappa shape index (κ1) is 15.4. The summed E-state index contributed by atoms with van der Waals surface area (Å²) in [6.07, 6.45) is 2.30. The van der Waals surface area contributed by atoms with Crippen LogP contribution in [0.2, 0.25) is 0 Å². The van der Waals surface area contributed by atoms with Gasteiger partial charge in [0.1, 0.15) is 0 Å². The molecule has 1 atom stereocenters. The van der Waals surface area contributed by atoms with Crippen LogP contribution in [-0.4, -0.2) is 24.1 Å². The fourth-order valence-corrected chi connectivity index (χ4v) is 3.42. The minimum Gasteiger partial charge on any atom is -0.478 e. The van der Waals surface area contributed by atoms with Gasteiger partial charge in [-0.1, -0.05) is 6.07 Å². The predicted molar refractivity (Wildman–Crippen MR) is 81.9 cm³/mol. The highest BCUT2D eigenvalue weighted by molar-refractivity contribution is 7.89. The van der Waals surface area contributed by atoms with Gasteiger partial charge in [-0.15, -0.1) is 0 Å². The van der Waals surface area contributed by atoms with Crippen LogP contribution in [0.4, 0.5) is 0 Å². The number of nitrogens with zero attached hydrogens (tertiary/aromatic N) is 1. The van der Waals surface area contributed by atoms with E-state index in [4.69, 9.17) is 10.2 Å². The molecule has 0 saturated heterocycles. The molecule has 1 aliphatic carbocycles. The van der Waals surface area contributed by atoms with Gasteiger partial charge in [0.25, 0.3) is 5.56 Å². The Morgan fingerprint density at radius 2 is 1.87 bits per heavy atom. The first-order valence-corrected chi connectivity index (χ1v) is 8.40. The number of nitrogens with two attached hydrogens (primary N) is 1.